The molecule has 0 amide bonds. The summed E-state index contributed by atoms with van der Waals surface area (Å²) in [6, 6.07) is 7.99. The van der Waals surface area contributed by atoms with Crippen LogP contribution in [0.3, 0.4) is 0 Å². The molecule has 0 radical (unpaired) electrons. The monoisotopic (exact) mass is 200 g/mol. The molecule has 0 bridgehead atoms. The van der Waals surface area contributed by atoms with Crippen LogP contribution in [0.5, 0.6) is 0 Å². The van der Waals surface area contributed by atoms with Crippen LogP contribution in [0.15, 0.2) is 30.4 Å². The largest absolute Gasteiger partial charge is 0.369 e. The molecule has 0 aliphatic heterocycles. The second-order valence-electron chi connectivity index (χ2n) is 3.90. The molecule has 0 N–H and O–H groups in total. The molecule has 0 fully saturated rings. The molecule has 15 heavy (non-hydrogen) atoms. The first-order valence-corrected chi connectivity index (χ1v) is 4.91. The maximum Gasteiger partial charge on any atom is 0.101 e. The summed E-state index contributed by atoms with van der Waals surface area (Å²) in [5.74, 6) is 0. The number of rotatable bonds is 3. The number of hydrogen-bond acceptors (Lipinski definition) is 2. The Kier molecular flexibility index (Phi) is 3.51. The third kappa shape index (κ3) is 2.60. The number of aryl methyl sites for hydroxylation is 1. The molecule has 2 heteroatoms. The first-order chi connectivity index (χ1) is 7.06. The van der Waals surface area contributed by atoms with E-state index < -0.39 is 0 Å². The molecule has 0 aliphatic rings. The minimum Gasteiger partial charge on any atom is -0.369 e. The van der Waals surface area contributed by atoms with Crippen molar-refractivity contribution in [2.45, 2.75) is 13.8 Å². The van der Waals surface area contributed by atoms with Gasteiger partial charge < -0.3 is 4.90 Å². The lowest BCUT2D eigenvalue weighted by Crippen LogP contribution is -2.21. The predicted octanol–water partition coefficient (Wildman–Crippen LogP) is 2.88. The summed E-state index contributed by atoms with van der Waals surface area (Å²) in [5, 5.41) is 9.03. The van der Waals surface area contributed by atoms with Crippen LogP contribution in [0.25, 0.3) is 0 Å². The van der Waals surface area contributed by atoms with E-state index in [9.17, 15) is 0 Å². The fourth-order valence-corrected chi connectivity index (χ4v) is 1.74. The van der Waals surface area contributed by atoms with Gasteiger partial charge in [0.2, 0.25) is 0 Å². The number of hydrogen-bond donors (Lipinski definition) is 0. The van der Waals surface area contributed by atoms with Crippen LogP contribution in [0.4, 0.5) is 5.69 Å². The highest BCUT2D eigenvalue weighted by molar-refractivity contribution is 5.63. The summed E-state index contributed by atoms with van der Waals surface area (Å²) in [5.41, 5.74) is 3.93. The van der Waals surface area contributed by atoms with Crippen LogP contribution in [0.2, 0.25) is 0 Å². The Morgan fingerprint density at radius 3 is 2.73 bits per heavy atom. The van der Waals surface area contributed by atoms with E-state index >= 15 is 0 Å². The lowest BCUT2D eigenvalue weighted by atomic mass is 10.1. The molecule has 2 nitrogen and oxygen atoms in total. The van der Waals surface area contributed by atoms with Gasteiger partial charge in [-0.25, -0.2) is 0 Å². The van der Waals surface area contributed by atoms with Crippen molar-refractivity contribution in [3.05, 3.63) is 41.5 Å². The molecule has 0 unspecified atom stereocenters. The van der Waals surface area contributed by atoms with Gasteiger partial charge in [-0.15, -0.1) is 0 Å². The Bertz CT molecular complexity index is 413. The zero-order chi connectivity index (χ0) is 11.4. The molecule has 0 saturated heterocycles. The van der Waals surface area contributed by atoms with Crippen molar-refractivity contribution in [2.75, 3.05) is 18.5 Å². The number of para-hydroxylation sites is 1. The van der Waals surface area contributed by atoms with Crippen LogP contribution >= 0.6 is 0 Å². The van der Waals surface area contributed by atoms with Gasteiger partial charge in [0.05, 0.1) is 11.3 Å². The van der Waals surface area contributed by atoms with Crippen molar-refractivity contribution >= 4 is 5.69 Å². The SMILES string of the molecule is C=C(C)CN(C)c1c(C)cccc1C#N. The van der Waals surface area contributed by atoms with E-state index in [1.807, 2.05) is 39.1 Å². The van der Waals surface area contributed by atoms with Crippen molar-refractivity contribution in [1.29, 1.82) is 5.26 Å². The minimum atomic E-state index is 0.721. The average Bonchev–Trinajstić information content (AvgIpc) is 2.15. The van der Waals surface area contributed by atoms with E-state index in [0.717, 1.165) is 28.9 Å². The van der Waals surface area contributed by atoms with Crippen LogP contribution in [-0.4, -0.2) is 13.6 Å². The average molecular weight is 200 g/mol. The fraction of sp³-hybridized carbons (Fsp3) is 0.308. The van der Waals surface area contributed by atoms with E-state index in [1.54, 1.807) is 0 Å². The summed E-state index contributed by atoms with van der Waals surface area (Å²) >= 11 is 0. The third-order valence-corrected chi connectivity index (χ3v) is 2.25. The Morgan fingerprint density at radius 2 is 2.20 bits per heavy atom. The third-order valence-electron chi connectivity index (χ3n) is 2.25. The van der Waals surface area contributed by atoms with Gasteiger partial charge in [0.25, 0.3) is 0 Å². The second kappa shape index (κ2) is 4.65. The lowest BCUT2D eigenvalue weighted by Gasteiger charge is -2.22. The Labute approximate surface area is 91.4 Å². The fourth-order valence-electron chi connectivity index (χ4n) is 1.74. The number of anilines is 1. The Morgan fingerprint density at radius 1 is 1.53 bits per heavy atom. The number of benzene rings is 1. The van der Waals surface area contributed by atoms with Crippen LogP contribution in [-0.2, 0) is 0 Å². The standard InChI is InChI=1S/C13H16N2/c1-10(2)9-15(4)13-11(3)6-5-7-12(13)8-14/h5-7H,1,9H2,2-4H3. The lowest BCUT2D eigenvalue weighted by molar-refractivity contribution is 0.975. The molecular formula is C13H16N2. The first-order valence-electron chi connectivity index (χ1n) is 4.91. The van der Waals surface area contributed by atoms with Crippen LogP contribution in [0, 0.1) is 18.3 Å². The highest BCUT2D eigenvalue weighted by Gasteiger charge is 2.09. The van der Waals surface area contributed by atoms with E-state index in [0.29, 0.717) is 0 Å². The van der Waals surface area contributed by atoms with E-state index in [4.69, 9.17) is 5.26 Å². The second-order valence-corrected chi connectivity index (χ2v) is 3.90. The van der Waals surface area contributed by atoms with Gasteiger partial charge in [0.15, 0.2) is 0 Å². The summed E-state index contributed by atoms with van der Waals surface area (Å²) in [6.45, 7) is 8.66. The van der Waals surface area contributed by atoms with Crippen molar-refractivity contribution in [2.24, 2.45) is 0 Å². The van der Waals surface area contributed by atoms with Crippen LogP contribution in [0.1, 0.15) is 18.1 Å². The van der Waals surface area contributed by atoms with Gasteiger partial charge in [-0.05, 0) is 25.5 Å². The number of nitrogens with zero attached hydrogens (tertiary/aromatic N) is 2. The Balaban J connectivity index is 3.12. The van der Waals surface area contributed by atoms with Gasteiger partial charge in [-0.1, -0.05) is 24.3 Å². The van der Waals surface area contributed by atoms with E-state index in [2.05, 4.69) is 17.5 Å². The van der Waals surface area contributed by atoms with Crippen molar-refractivity contribution in [1.82, 2.24) is 0 Å². The molecule has 0 spiro atoms. The van der Waals surface area contributed by atoms with Crippen molar-refractivity contribution in [3.8, 4) is 6.07 Å². The summed E-state index contributed by atoms with van der Waals surface area (Å²) in [6.07, 6.45) is 0. The maximum absolute atomic E-state index is 9.03. The van der Waals surface area contributed by atoms with Crippen LogP contribution < -0.4 is 4.90 Å². The topological polar surface area (TPSA) is 27.0 Å². The quantitative estimate of drug-likeness (QED) is 0.701. The molecule has 0 saturated carbocycles. The van der Waals surface area contributed by atoms with Crippen molar-refractivity contribution in [3.63, 3.8) is 0 Å². The van der Waals surface area contributed by atoms with Gasteiger partial charge in [-0.2, -0.15) is 5.26 Å². The molecule has 0 atom stereocenters. The van der Waals surface area contributed by atoms with Gasteiger partial charge in [-0.3, -0.25) is 0 Å². The minimum absolute atomic E-state index is 0.721. The highest BCUT2D eigenvalue weighted by Crippen LogP contribution is 2.23. The zero-order valence-electron chi connectivity index (χ0n) is 9.54. The summed E-state index contributed by atoms with van der Waals surface area (Å²) in [4.78, 5) is 2.07. The predicted molar refractivity (Wildman–Crippen MR) is 64.0 cm³/mol. The summed E-state index contributed by atoms with van der Waals surface area (Å²) in [7, 11) is 1.98. The smallest absolute Gasteiger partial charge is 0.101 e. The molecule has 0 aromatic heterocycles. The molecule has 78 valence electrons. The van der Waals surface area contributed by atoms with Crippen molar-refractivity contribution < 1.29 is 0 Å². The van der Waals surface area contributed by atoms with Gasteiger partial charge >= 0.3 is 0 Å². The molecule has 0 heterocycles. The molecular weight excluding hydrogens is 184 g/mol. The van der Waals surface area contributed by atoms with E-state index in [1.165, 1.54) is 0 Å². The van der Waals surface area contributed by atoms with Gasteiger partial charge in [0.1, 0.15) is 6.07 Å². The number of likely N-dealkylation sites (N-methyl/N-ethyl adjacent to an activating group) is 1. The maximum atomic E-state index is 9.03. The van der Waals surface area contributed by atoms with E-state index in [-0.39, 0.29) is 0 Å². The zero-order valence-corrected chi connectivity index (χ0v) is 9.54. The first kappa shape index (κ1) is 11.3. The van der Waals surface area contributed by atoms with Gasteiger partial charge in [0, 0.05) is 13.6 Å². The summed E-state index contributed by atoms with van der Waals surface area (Å²) < 4.78 is 0. The highest BCUT2D eigenvalue weighted by atomic mass is 15.1. The molecule has 1 aromatic rings. The molecule has 1 aromatic carbocycles. The Hall–Kier alpha value is -1.75. The number of nitriles is 1. The normalized spacial score (nSPS) is 9.47. The molecule has 1 rings (SSSR count). The molecule has 0 aliphatic carbocycles.